The molecule has 0 aromatic carbocycles. The van der Waals surface area contributed by atoms with E-state index in [9.17, 15) is 9.59 Å². The van der Waals surface area contributed by atoms with E-state index in [0.717, 1.165) is 0 Å². The van der Waals surface area contributed by atoms with Crippen molar-refractivity contribution in [2.45, 2.75) is 33.6 Å². The van der Waals surface area contributed by atoms with Gasteiger partial charge in [0.2, 0.25) is 0 Å². The van der Waals surface area contributed by atoms with Gasteiger partial charge in [0.25, 0.3) is 0 Å². The molecule has 0 radical (unpaired) electrons. The van der Waals surface area contributed by atoms with E-state index in [0.29, 0.717) is 6.42 Å². The summed E-state index contributed by atoms with van der Waals surface area (Å²) in [5, 5.41) is 8.92. The van der Waals surface area contributed by atoms with E-state index >= 15 is 0 Å². The molecule has 0 atom stereocenters. The minimum atomic E-state index is -0.563. The molecule has 0 bridgehead atoms. The van der Waals surface area contributed by atoms with Crippen molar-refractivity contribution in [1.29, 1.82) is 0 Å². The third kappa shape index (κ3) is 4.99. The Morgan fingerprint density at radius 3 is 1.76 bits per heavy atom. The summed E-state index contributed by atoms with van der Waals surface area (Å²) in [6.07, 6.45) is 0.466. The lowest BCUT2D eigenvalue weighted by Gasteiger charge is -2.11. The van der Waals surface area contributed by atoms with Gasteiger partial charge < -0.3 is 14.6 Å². The maximum atomic E-state index is 11.6. The van der Waals surface area contributed by atoms with E-state index in [2.05, 4.69) is 0 Å². The van der Waals surface area contributed by atoms with Crippen LogP contribution in [0.1, 0.15) is 33.6 Å². The maximum Gasteiger partial charge on any atom is 0.334 e. The van der Waals surface area contributed by atoms with Gasteiger partial charge in [-0.3, -0.25) is 0 Å². The monoisotopic (exact) mass is 244 g/mol. The molecule has 17 heavy (non-hydrogen) atoms. The molecule has 0 spiro atoms. The second-order valence-corrected chi connectivity index (χ2v) is 3.23. The SMILES string of the molecule is CCOC(=O)/C(CC)=C(\CCO)C(=O)OCC. The number of aliphatic hydroxyl groups excluding tert-OH is 1. The van der Waals surface area contributed by atoms with E-state index in [1.165, 1.54) is 0 Å². The van der Waals surface area contributed by atoms with Gasteiger partial charge in [-0.15, -0.1) is 0 Å². The highest BCUT2D eigenvalue weighted by molar-refractivity contribution is 6.00. The van der Waals surface area contributed by atoms with Crippen molar-refractivity contribution in [1.82, 2.24) is 0 Å². The van der Waals surface area contributed by atoms with Gasteiger partial charge in [-0.05, 0) is 20.3 Å². The first-order chi connectivity index (χ1) is 8.12. The summed E-state index contributed by atoms with van der Waals surface area (Å²) >= 11 is 0. The molecular formula is C12H20O5. The molecule has 0 amide bonds. The fourth-order valence-electron chi connectivity index (χ4n) is 1.41. The zero-order valence-electron chi connectivity index (χ0n) is 10.6. The summed E-state index contributed by atoms with van der Waals surface area (Å²) in [6, 6.07) is 0. The van der Waals surface area contributed by atoms with Crippen molar-refractivity contribution < 1.29 is 24.2 Å². The largest absolute Gasteiger partial charge is 0.463 e. The summed E-state index contributed by atoms with van der Waals surface area (Å²) in [5.41, 5.74) is 0.481. The number of esters is 2. The minimum absolute atomic E-state index is 0.0980. The van der Waals surface area contributed by atoms with Crippen LogP contribution in [0.15, 0.2) is 11.1 Å². The molecule has 0 saturated heterocycles. The first-order valence-electron chi connectivity index (χ1n) is 5.79. The lowest BCUT2D eigenvalue weighted by atomic mass is 10.0. The first-order valence-corrected chi connectivity index (χ1v) is 5.79. The van der Waals surface area contributed by atoms with Crippen LogP contribution < -0.4 is 0 Å². The molecule has 5 heteroatoms. The van der Waals surface area contributed by atoms with Gasteiger partial charge >= 0.3 is 11.9 Å². The van der Waals surface area contributed by atoms with Crippen molar-refractivity contribution >= 4 is 11.9 Å². The number of ether oxygens (including phenoxy) is 2. The lowest BCUT2D eigenvalue weighted by molar-refractivity contribution is -0.142. The van der Waals surface area contributed by atoms with Crippen LogP contribution in [-0.4, -0.2) is 36.9 Å². The maximum absolute atomic E-state index is 11.6. The normalized spacial score (nSPS) is 11.8. The smallest absolute Gasteiger partial charge is 0.334 e. The van der Waals surface area contributed by atoms with Crippen molar-refractivity contribution in [3.05, 3.63) is 11.1 Å². The van der Waals surface area contributed by atoms with E-state index in [1.54, 1.807) is 20.8 Å². The molecule has 5 nitrogen and oxygen atoms in total. The van der Waals surface area contributed by atoms with E-state index in [1.807, 2.05) is 0 Å². The molecule has 98 valence electrons. The van der Waals surface area contributed by atoms with Crippen molar-refractivity contribution in [3.8, 4) is 0 Å². The zero-order chi connectivity index (χ0) is 13.3. The van der Waals surface area contributed by atoms with Gasteiger partial charge in [-0.25, -0.2) is 9.59 Å². The summed E-state index contributed by atoms with van der Waals surface area (Å²) in [7, 11) is 0. The van der Waals surface area contributed by atoms with Crippen LogP contribution in [0.3, 0.4) is 0 Å². The van der Waals surface area contributed by atoms with Crippen molar-refractivity contribution in [2.24, 2.45) is 0 Å². The van der Waals surface area contributed by atoms with Gasteiger partial charge in [-0.1, -0.05) is 6.92 Å². The van der Waals surface area contributed by atoms with Crippen LogP contribution in [0.4, 0.5) is 0 Å². The van der Waals surface area contributed by atoms with E-state index in [4.69, 9.17) is 14.6 Å². The molecule has 0 saturated carbocycles. The Balaban J connectivity index is 5.14. The first kappa shape index (κ1) is 15.6. The quantitative estimate of drug-likeness (QED) is 0.538. The Kier molecular flexibility index (Phi) is 8.05. The Hall–Kier alpha value is -1.36. The third-order valence-corrected chi connectivity index (χ3v) is 2.12. The highest BCUT2D eigenvalue weighted by Crippen LogP contribution is 2.16. The molecule has 0 aliphatic rings. The second-order valence-electron chi connectivity index (χ2n) is 3.23. The topological polar surface area (TPSA) is 72.8 Å². The van der Waals surface area contributed by atoms with E-state index < -0.39 is 11.9 Å². The fraction of sp³-hybridized carbons (Fsp3) is 0.667. The van der Waals surface area contributed by atoms with Crippen LogP contribution >= 0.6 is 0 Å². The average molecular weight is 244 g/mol. The Bertz CT molecular complexity index is 293. The Morgan fingerprint density at radius 2 is 1.41 bits per heavy atom. The molecule has 0 aliphatic carbocycles. The summed E-state index contributed by atoms with van der Waals surface area (Å²) in [5.74, 6) is -1.09. The molecule has 0 rings (SSSR count). The molecule has 0 heterocycles. The molecule has 0 unspecified atom stereocenters. The van der Waals surface area contributed by atoms with Gasteiger partial charge in [0.1, 0.15) is 0 Å². The molecular weight excluding hydrogens is 224 g/mol. The third-order valence-electron chi connectivity index (χ3n) is 2.12. The number of carbonyl (C=O) groups excluding carboxylic acids is 2. The lowest BCUT2D eigenvalue weighted by Crippen LogP contribution is -2.17. The van der Waals surface area contributed by atoms with Crippen LogP contribution in [0.5, 0.6) is 0 Å². The van der Waals surface area contributed by atoms with Gasteiger partial charge in [0.05, 0.1) is 13.2 Å². The zero-order valence-corrected chi connectivity index (χ0v) is 10.6. The van der Waals surface area contributed by atoms with E-state index in [-0.39, 0.29) is 37.4 Å². The predicted molar refractivity (Wildman–Crippen MR) is 62.3 cm³/mol. The average Bonchev–Trinajstić information content (AvgIpc) is 2.29. The standard InChI is InChI=1S/C12H20O5/c1-4-9(11(14)16-5-2)10(7-8-13)12(15)17-6-3/h13H,4-8H2,1-3H3/b10-9+. The molecule has 0 aromatic heterocycles. The fourth-order valence-corrected chi connectivity index (χ4v) is 1.41. The highest BCUT2D eigenvalue weighted by atomic mass is 16.5. The number of rotatable bonds is 7. The van der Waals surface area contributed by atoms with Gasteiger partial charge in [-0.2, -0.15) is 0 Å². The van der Waals surface area contributed by atoms with Crippen LogP contribution in [0, 0.1) is 0 Å². The van der Waals surface area contributed by atoms with Crippen LogP contribution in [0.2, 0.25) is 0 Å². The summed E-state index contributed by atoms with van der Waals surface area (Å²) in [4.78, 5) is 23.3. The number of hydrogen-bond acceptors (Lipinski definition) is 5. The molecule has 0 aromatic rings. The van der Waals surface area contributed by atoms with Crippen molar-refractivity contribution in [2.75, 3.05) is 19.8 Å². The highest BCUT2D eigenvalue weighted by Gasteiger charge is 2.21. The van der Waals surface area contributed by atoms with Gasteiger partial charge in [0, 0.05) is 24.2 Å². The Morgan fingerprint density at radius 1 is 0.941 bits per heavy atom. The summed E-state index contributed by atoms with van der Waals surface area (Å²) < 4.78 is 9.72. The molecule has 1 N–H and O–H groups in total. The van der Waals surface area contributed by atoms with Crippen LogP contribution in [-0.2, 0) is 19.1 Å². The van der Waals surface area contributed by atoms with Gasteiger partial charge in [0.15, 0.2) is 0 Å². The molecule has 0 fully saturated rings. The minimum Gasteiger partial charge on any atom is -0.463 e. The summed E-state index contributed by atoms with van der Waals surface area (Å²) in [6.45, 7) is 5.40. The number of carbonyl (C=O) groups is 2. The van der Waals surface area contributed by atoms with Crippen LogP contribution in [0.25, 0.3) is 0 Å². The second kappa shape index (κ2) is 8.75. The number of aliphatic hydroxyl groups is 1. The van der Waals surface area contributed by atoms with Crippen molar-refractivity contribution in [3.63, 3.8) is 0 Å². The molecule has 0 aliphatic heterocycles. The Labute approximate surface area is 101 Å². The number of hydrogen-bond donors (Lipinski definition) is 1. The predicted octanol–water partition coefficient (Wildman–Crippen LogP) is 1.20.